The van der Waals surface area contributed by atoms with Crippen LogP contribution in [0.15, 0.2) is 42.6 Å². The summed E-state index contributed by atoms with van der Waals surface area (Å²) in [5.41, 5.74) is 8.36. The van der Waals surface area contributed by atoms with Crippen LogP contribution in [0.5, 0.6) is 0 Å². The number of hydrogen-bond donors (Lipinski definition) is 1. The molecule has 5 heteroatoms. The highest BCUT2D eigenvalue weighted by Gasteiger charge is 2.27. The van der Waals surface area contributed by atoms with Crippen LogP contribution in [0.1, 0.15) is 16.8 Å². The highest BCUT2D eigenvalue weighted by molar-refractivity contribution is 5.95. The molecule has 1 saturated heterocycles. The molecule has 1 aliphatic heterocycles. The number of amides is 1. The number of hydrogen-bond acceptors (Lipinski definition) is 4. The standard InChI is InChI=1S/C18H22N4O/c1-21(2)16-9-10-22(12-16)18(23)14-5-3-13(4-6-14)15-7-8-17(19)20-11-15/h3-8,11,16H,9-10,12H2,1-2H3,(H2,19,20)/t16-/m0/s1. The van der Waals surface area contributed by atoms with Crippen LogP contribution < -0.4 is 5.73 Å². The van der Waals surface area contributed by atoms with E-state index in [0.717, 1.165) is 36.2 Å². The largest absolute Gasteiger partial charge is 0.384 e. The second kappa shape index (κ2) is 6.38. The Morgan fingerprint density at radius 2 is 1.87 bits per heavy atom. The Hall–Kier alpha value is -2.40. The maximum atomic E-state index is 12.6. The van der Waals surface area contributed by atoms with Gasteiger partial charge in [0.15, 0.2) is 0 Å². The van der Waals surface area contributed by atoms with Crippen LogP contribution in [0.2, 0.25) is 0 Å². The third kappa shape index (κ3) is 3.35. The number of carbonyl (C=O) groups is 1. The van der Waals surface area contributed by atoms with E-state index < -0.39 is 0 Å². The first kappa shape index (κ1) is 15.5. The summed E-state index contributed by atoms with van der Waals surface area (Å²) in [5, 5.41) is 0. The number of nitrogens with zero attached hydrogens (tertiary/aromatic N) is 3. The van der Waals surface area contributed by atoms with E-state index in [0.29, 0.717) is 11.9 Å². The van der Waals surface area contributed by atoms with Crippen LogP contribution in [-0.4, -0.2) is 53.9 Å². The lowest BCUT2D eigenvalue weighted by atomic mass is 10.1. The molecule has 0 saturated carbocycles. The predicted octanol–water partition coefficient (Wildman–Crippen LogP) is 2.11. The summed E-state index contributed by atoms with van der Waals surface area (Å²) in [6.07, 6.45) is 2.78. The number of anilines is 1. The second-order valence-electron chi connectivity index (χ2n) is 6.21. The molecular formula is C18H22N4O. The zero-order valence-corrected chi connectivity index (χ0v) is 13.6. The van der Waals surface area contributed by atoms with E-state index in [1.54, 1.807) is 12.3 Å². The van der Waals surface area contributed by atoms with E-state index in [1.165, 1.54) is 0 Å². The van der Waals surface area contributed by atoms with Crippen molar-refractivity contribution in [1.82, 2.24) is 14.8 Å². The van der Waals surface area contributed by atoms with Gasteiger partial charge in [0, 0.05) is 36.5 Å². The van der Waals surface area contributed by atoms with Crippen molar-refractivity contribution >= 4 is 11.7 Å². The van der Waals surface area contributed by atoms with Crippen molar-refractivity contribution in [3.63, 3.8) is 0 Å². The number of nitrogens with two attached hydrogens (primary N) is 1. The number of aromatic nitrogens is 1. The Kier molecular flexibility index (Phi) is 4.30. The van der Waals surface area contributed by atoms with Gasteiger partial charge in [0.1, 0.15) is 5.82 Å². The second-order valence-corrected chi connectivity index (χ2v) is 6.21. The van der Waals surface area contributed by atoms with E-state index in [4.69, 9.17) is 5.73 Å². The molecule has 0 unspecified atom stereocenters. The zero-order chi connectivity index (χ0) is 16.4. The number of likely N-dealkylation sites (tertiary alicyclic amines) is 1. The lowest BCUT2D eigenvalue weighted by molar-refractivity contribution is 0.0783. The quantitative estimate of drug-likeness (QED) is 0.943. The van der Waals surface area contributed by atoms with Crippen molar-refractivity contribution in [3.05, 3.63) is 48.2 Å². The number of benzene rings is 1. The van der Waals surface area contributed by atoms with Gasteiger partial charge in [-0.05, 0) is 50.3 Å². The minimum absolute atomic E-state index is 0.108. The molecule has 1 fully saturated rings. The van der Waals surface area contributed by atoms with Gasteiger partial charge in [0.05, 0.1) is 0 Å². The highest BCUT2D eigenvalue weighted by Crippen LogP contribution is 2.21. The molecule has 23 heavy (non-hydrogen) atoms. The van der Waals surface area contributed by atoms with Crippen molar-refractivity contribution in [1.29, 1.82) is 0 Å². The number of likely N-dealkylation sites (N-methyl/N-ethyl adjacent to an activating group) is 1. The van der Waals surface area contributed by atoms with Gasteiger partial charge in [0.25, 0.3) is 5.91 Å². The van der Waals surface area contributed by atoms with E-state index >= 15 is 0 Å². The number of nitrogen functional groups attached to an aromatic ring is 1. The third-order valence-corrected chi connectivity index (χ3v) is 4.43. The van der Waals surface area contributed by atoms with Crippen molar-refractivity contribution < 1.29 is 4.79 Å². The van der Waals surface area contributed by atoms with Gasteiger partial charge in [-0.25, -0.2) is 4.98 Å². The normalized spacial score (nSPS) is 17.7. The molecule has 0 aliphatic carbocycles. The van der Waals surface area contributed by atoms with Crippen LogP contribution in [0.3, 0.4) is 0 Å². The van der Waals surface area contributed by atoms with Crippen LogP contribution in [-0.2, 0) is 0 Å². The summed E-state index contributed by atoms with van der Waals surface area (Å²) < 4.78 is 0. The van der Waals surface area contributed by atoms with Crippen molar-refractivity contribution in [2.75, 3.05) is 32.9 Å². The summed E-state index contributed by atoms with van der Waals surface area (Å²) in [6.45, 7) is 1.63. The van der Waals surface area contributed by atoms with Crippen LogP contribution in [0.4, 0.5) is 5.82 Å². The third-order valence-electron chi connectivity index (χ3n) is 4.43. The molecular weight excluding hydrogens is 288 g/mol. The first-order valence-corrected chi connectivity index (χ1v) is 7.82. The molecule has 0 radical (unpaired) electrons. The highest BCUT2D eigenvalue weighted by atomic mass is 16.2. The van der Waals surface area contributed by atoms with Gasteiger partial charge >= 0.3 is 0 Å². The summed E-state index contributed by atoms with van der Waals surface area (Å²) >= 11 is 0. The maximum absolute atomic E-state index is 12.6. The molecule has 0 bridgehead atoms. The Bertz CT molecular complexity index is 679. The molecule has 1 aromatic heterocycles. The molecule has 1 amide bonds. The number of pyridine rings is 1. The molecule has 120 valence electrons. The minimum Gasteiger partial charge on any atom is -0.384 e. The fraction of sp³-hybridized carbons (Fsp3) is 0.333. The molecule has 2 aromatic rings. The average Bonchev–Trinajstić information content (AvgIpc) is 3.05. The lowest BCUT2D eigenvalue weighted by Crippen LogP contribution is -2.34. The van der Waals surface area contributed by atoms with Crippen molar-refractivity contribution in [2.45, 2.75) is 12.5 Å². The van der Waals surface area contributed by atoms with Crippen molar-refractivity contribution in [2.24, 2.45) is 0 Å². The van der Waals surface area contributed by atoms with Gasteiger partial charge in [-0.15, -0.1) is 0 Å². The van der Waals surface area contributed by atoms with Gasteiger partial charge < -0.3 is 15.5 Å². The molecule has 2 N–H and O–H groups in total. The van der Waals surface area contributed by atoms with E-state index in [1.807, 2.05) is 35.2 Å². The fourth-order valence-electron chi connectivity index (χ4n) is 2.91. The Morgan fingerprint density at radius 3 is 2.43 bits per heavy atom. The summed E-state index contributed by atoms with van der Waals surface area (Å²) in [5.74, 6) is 0.612. The molecule has 1 aliphatic rings. The molecule has 1 aromatic carbocycles. The molecule has 1 atom stereocenters. The summed E-state index contributed by atoms with van der Waals surface area (Å²) in [4.78, 5) is 20.8. The first-order chi connectivity index (χ1) is 11.0. The van der Waals surface area contributed by atoms with Gasteiger partial charge in [-0.2, -0.15) is 0 Å². The summed E-state index contributed by atoms with van der Waals surface area (Å²) in [7, 11) is 4.13. The smallest absolute Gasteiger partial charge is 0.253 e. The minimum atomic E-state index is 0.108. The molecule has 3 rings (SSSR count). The van der Waals surface area contributed by atoms with Gasteiger partial charge in [-0.3, -0.25) is 4.79 Å². The lowest BCUT2D eigenvalue weighted by Gasteiger charge is -2.20. The topological polar surface area (TPSA) is 62.5 Å². The van der Waals surface area contributed by atoms with E-state index in [2.05, 4.69) is 24.0 Å². The molecule has 0 spiro atoms. The fourth-order valence-corrected chi connectivity index (χ4v) is 2.91. The van der Waals surface area contributed by atoms with Crippen LogP contribution in [0.25, 0.3) is 11.1 Å². The number of carbonyl (C=O) groups excluding carboxylic acids is 1. The van der Waals surface area contributed by atoms with E-state index in [-0.39, 0.29) is 5.91 Å². The Labute approximate surface area is 136 Å². The van der Waals surface area contributed by atoms with Gasteiger partial charge in [0.2, 0.25) is 0 Å². The Morgan fingerprint density at radius 1 is 1.17 bits per heavy atom. The predicted molar refractivity (Wildman–Crippen MR) is 92.1 cm³/mol. The Balaban J connectivity index is 1.72. The van der Waals surface area contributed by atoms with Crippen molar-refractivity contribution in [3.8, 4) is 11.1 Å². The van der Waals surface area contributed by atoms with Crippen LogP contribution >= 0.6 is 0 Å². The van der Waals surface area contributed by atoms with E-state index in [9.17, 15) is 4.79 Å². The number of rotatable bonds is 3. The first-order valence-electron chi connectivity index (χ1n) is 7.82. The zero-order valence-electron chi connectivity index (χ0n) is 13.6. The monoisotopic (exact) mass is 310 g/mol. The summed E-state index contributed by atoms with van der Waals surface area (Å²) in [6, 6.07) is 11.9. The maximum Gasteiger partial charge on any atom is 0.253 e. The molecule has 2 heterocycles. The van der Waals surface area contributed by atoms with Crippen LogP contribution in [0, 0.1) is 0 Å². The van der Waals surface area contributed by atoms with Gasteiger partial charge in [-0.1, -0.05) is 12.1 Å². The SMILES string of the molecule is CN(C)[C@H]1CCN(C(=O)c2ccc(-c3ccc(N)nc3)cc2)C1. The molecule has 5 nitrogen and oxygen atoms in total. The average molecular weight is 310 g/mol.